The molecule has 0 bridgehead atoms. The third kappa shape index (κ3) is 3.26. The van der Waals surface area contributed by atoms with Crippen LogP contribution in [-0.4, -0.2) is 25.2 Å². The molecule has 0 unspecified atom stereocenters. The van der Waals surface area contributed by atoms with Crippen molar-refractivity contribution in [2.45, 2.75) is 26.3 Å². The molecule has 2 aromatic heterocycles. The van der Waals surface area contributed by atoms with Crippen molar-refractivity contribution in [3.8, 4) is 5.69 Å². The summed E-state index contributed by atoms with van der Waals surface area (Å²) in [6.45, 7) is 6.15. The van der Waals surface area contributed by atoms with Gasteiger partial charge in [0.25, 0.3) is 5.91 Å². The minimum atomic E-state index is -0.379. The highest BCUT2D eigenvalue weighted by atomic mass is 19.1. The van der Waals surface area contributed by atoms with E-state index in [4.69, 9.17) is 0 Å². The number of aromatic nitrogens is 4. The Bertz CT molecular complexity index is 1170. The molecule has 0 saturated carbocycles. The van der Waals surface area contributed by atoms with Crippen molar-refractivity contribution >= 4 is 22.9 Å². The van der Waals surface area contributed by atoms with E-state index in [9.17, 15) is 9.18 Å². The van der Waals surface area contributed by atoms with E-state index in [0.717, 1.165) is 11.0 Å². The number of hydrogen-bond acceptors (Lipinski definition) is 3. The monoisotopic (exact) mass is 377 g/mol. The van der Waals surface area contributed by atoms with Crippen LogP contribution in [-0.2, 0) is 5.54 Å². The molecule has 1 amide bonds. The van der Waals surface area contributed by atoms with Crippen LogP contribution < -0.4 is 5.32 Å². The van der Waals surface area contributed by atoms with Gasteiger partial charge < -0.3 is 4.57 Å². The van der Waals surface area contributed by atoms with Crippen LogP contribution in [0.3, 0.4) is 0 Å². The normalized spacial score (nSPS) is 11.7. The topological polar surface area (TPSA) is 64.7 Å². The quantitative estimate of drug-likeness (QED) is 0.577. The Hall–Kier alpha value is -3.48. The Morgan fingerprint density at radius 2 is 1.86 bits per heavy atom. The zero-order valence-electron chi connectivity index (χ0n) is 15.8. The van der Waals surface area contributed by atoms with Gasteiger partial charge in [-0.1, -0.05) is 18.2 Å². The van der Waals surface area contributed by atoms with E-state index in [1.54, 1.807) is 24.4 Å². The van der Waals surface area contributed by atoms with E-state index < -0.39 is 0 Å². The molecule has 0 aliphatic carbocycles. The molecule has 0 fully saturated rings. The first kappa shape index (κ1) is 17.9. The van der Waals surface area contributed by atoms with Gasteiger partial charge in [0.15, 0.2) is 5.69 Å². The molecule has 4 rings (SSSR count). The fourth-order valence-electron chi connectivity index (χ4n) is 3.16. The summed E-state index contributed by atoms with van der Waals surface area (Å²) < 4.78 is 16.9. The van der Waals surface area contributed by atoms with E-state index >= 15 is 0 Å². The van der Waals surface area contributed by atoms with Gasteiger partial charge in [0.1, 0.15) is 5.82 Å². The number of carbonyl (C=O) groups excluding carboxylic acids is 1. The van der Waals surface area contributed by atoms with Crippen LogP contribution in [0.1, 0.15) is 31.3 Å². The van der Waals surface area contributed by atoms with Gasteiger partial charge in [0, 0.05) is 11.7 Å². The first-order valence-electron chi connectivity index (χ1n) is 8.94. The highest BCUT2D eigenvalue weighted by molar-refractivity contribution is 6.02. The Morgan fingerprint density at radius 3 is 2.61 bits per heavy atom. The van der Waals surface area contributed by atoms with Crippen molar-refractivity contribution in [3.05, 3.63) is 72.3 Å². The molecular formula is C21H20FN5O. The van der Waals surface area contributed by atoms with Crippen molar-refractivity contribution in [2.75, 3.05) is 5.32 Å². The van der Waals surface area contributed by atoms with Crippen LogP contribution >= 0.6 is 0 Å². The van der Waals surface area contributed by atoms with Crippen molar-refractivity contribution < 1.29 is 9.18 Å². The molecular weight excluding hydrogens is 357 g/mol. The molecule has 0 radical (unpaired) electrons. The molecule has 0 aliphatic rings. The van der Waals surface area contributed by atoms with Gasteiger partial charge in [-0.3, -0.25) is 10.1 Å². The third-order valence-corrected chi connectivity index (χ3v) is 4.35. The number of benzene rings is 2. The lowest BCUT2D eigenvalue weighted by Gasteiger charge is -2.24. The fraction of sp³-hybridized carbons (Fsp3) is 0.190. The summed E-state index contributed by atoms with van der Waals surface area (Å²) in [5.74, 6) is -0.284. The van der Waals surface area contributed by atoms with Gasteiger partial charge in [-0.05, 0) is 57.2 Å². The highest BCUT2D eigenvalue weighted by Crippen LogP contribution is 2.28. The van der Waals surface area contributed by atoms with Crippen molar-refractivity contribution in [3.63, 3.8) is 0 Å². The van der Waals surface area contributed by atoms with Crippen molar-refractivity contribution in [1.29, 1.82) is 0 Å². The average Bonchev–Trinajstić information content (AvgIpc) is 3.26. The van der Waals surface area contributed by atoms with Gasteiger partial charge in [0.05, 0.1) is 16.7 Å². The Balaban J connectivity index is 1.66. The number of fused-ring (bicyclic) bond motifs is 1. The number of nitrogens with zero attached hydrogens (tertiary/aromatic N) is 4. The number of rotatable bonds is 3. The molecule has 1 N–H and O–H groups in total. The first-order chi connectivity index (χ1) is 13.3. The van der Waals surface area contributed by atoms with Crippen LogP contribution in [0, 0.1) is 5.82 Å². The maximum absolute atomic E-state index is 13.4. The number of carbonyl (C=O) groups is 1. The number of halogens is 1. The number of hydrogen-bond donors (Lipinski definition) is 1. The molecule has 0 aliphatic heterocycles. The summed E-state index contributed by atoms with van der Waals surface area (Å²) in [4.78, 5) is 17.3. The van der Waals surface area contributed by atoms with Crippen LogP contribution in [0.2, 0.25) is 0 Å². The minimum Gasteiger partial charge on any atom is -0.305 e. The maximum atomic E-state index is 13.4. The van der Waals surface area contributed by atoms with Crippen LogP contribution in [0.5, 0.6) is 0 Å². The standard InChI is InChI=1S/C21H20FN5O/c1-21(2,3)27-18-10-5-4-9-16(18)23-20(27)24-19(28)17-11-12-26(25-17)15-8-6-7-14(22)13-15/h4-13H,1-3H3,(H,23,24,28). The number of para-hydroxylation sites is 2. The summed E-state index contributed by atoms with van der Waals surface area (Å²) in [5.41, 5.74) is 2.23. The Morgan fingerprint density at radius 1 is 1.07 bits per heavy atom. The van der Waals surface area contributed by atoms with Gasteiger partial charge >= 0.3 is 0 Å². The maximum Gasteiger partial charge on any atom is 0.278 e. The number of amides is 1. The predicted molar refractivity (Wildman–Crippen MR) is 106 cm³/mol. The summed E-state index contributed by atoms with van der Waals surface area (Å²) >= 11 is 0. The van der Waals surface area contributed by atoms with Gasteiger partial charge in [-0.25, -0.2) is 14.1 Å². The van der Waals surface area contributed by atoms with E-state index in [1.165, 1.54) is 16.8 Å². The molecule has 4 aromatic rings. The lowest BCUT2D eigenvalue weighted by atomic mass is 10.1. The van der Waals surface area contributed by atoms with Crippen molar-refractivity contribution in [2.24, 2.45) is 0 Å². The first-order valence-corrected chi connectivity index (χ1v) is 8.94. The highest BCUT2D eigenvalue weighted by Gasteiger charge is 2.23. The second-order valence-electron chi connectivity index (χ2n) is 7.51. The predicted octanol–water partition coefficient (Wildman–Crippen LogP) is 4.37. The molecule has 142 valence electrons. The van der Waals surface area contributed by atoms with E-state index in [-0.39, 0.29) is 23.0 Å². The van der Waals surface area contributed by atoms with E-state index in [2.05, 4.69) is 36.2 Å². The van der Waals surface area contributed by atoms with Gasteiger partial charge in [-0.15, -0.1) is 0 Å². The number of imidazole rings is 1. The summed E-state index contributed by atoms with van der Waals surface area (Å²) in [7, 11) is 0. The molecule has 0 atom stereocenters. The average molecular weight is 377 g/mol. The fourth-order valence-corrected chi connectivity index (χ4v) is 3.16. The van der Waals surface area contributed by atoms with E-state index in [0.29, 0.717) is 11.6 Å². The second kappa shape index (κ2) is 6.60. The number of anilines is 1. The molecule has 2 aromatic carbocycles. The molecule has 28 heavy (non-hydrogen) atoms. The lowest BCUT2D eigenvalue weighted by molar-refractivity contribution is 0.102. The zero-order chi connectivity index (χ0) is 19.9. The Kier molecular flexibility index (Phi) is 4.22. The largest absolute Gasteiger partial charge is 0.305 e. The van der Waals surface area contributed by atoms with Gasteiger partial charge in [-0.2, -0.15) is 5.10 Å². The third-order valence-electron chi connectivity index (χ3n) is 4.35. The summed E-state index contributed by atoms with van der Waals surface area (Å²) in [6, 6.07) is 15.4. The molecule has 0 saturated heterocycles. The molecule has 7 heteroatoms. The second-order valence-corrected chi connectivity index (χ2v) is 7.51. The van der Waals surface area contributed by atoms with Gasteiger partial charge in [0.2, 0.25) is 5.95 Å². The minimum absolute atomic E-state index is 0.219. The van der Waals surface area contributed by atoms with Crippen LogP contribution in [0.15, 0.2) is 60.8 Å². The van der Waals surface area contributed by atoms with Crippen LogP contribution in [0.25, 0.3) is 16.7 Å². The zero-order valence-corrected chi connectivity index (χ0v) is 15.8. The lowest BCUT2D eigenvalue weighted by Crippen LogP contribution is -2.26. The Labute approximate surface area is 161 Å². The van der Waals surface area contributed by atoms with Crippen molar-refractivity contribution in [1.82, 2.24) is 19.3 Å². The SMILES string of the molecule is CC(C)(C)n1c(NC(=O)c2ccn(-c3cccc(F)c3)n2)nc2ccccc21. The number of nitrogens with one attached hydrogen (secondary N) is 1. The van der Waals surface area contributed by atoms with E-state index in [1.807, 2.05) is 28.8 Å². The summed E-state index contributed by atoms with van der Waals surface area (Å²) in [6.07, 6.45) is 1.62. The molecule has 6 nitrogen and oxygen atoms in total. The molecule has 0 spiro atoms. The summed E-state index contributed by atoms with van der Waals surface area (Å²) in [5, 5.41) is 7.13. The smallest absolute Gasteiger partial charge is 0.278 e. The molecule has 2 heterocycles. The van der Waals surface area contributed by atoms with Crippen LogP contribution in [0.4, 0.5) is 10.3 Å².